The van der Waals surface area contributed by atoms with Gasteiger partial charge in [-0.25, -0.2) is 0 Å². The van der Waals surface area contributed by atoms with Crippen molar-refractivity contribution in [2.45, 2.75) is 12.5 Å². The number of nitrogens with two attached hydrogens (primary N) is 1. The number of hydrogen-bond donors (Lipinski definition) is 3. The minimum atomic E-state index is -1.06. The van der Waals surface area contributed by atoms with Gasteiger partial charge in [-0.2, -0.15) is 11.8 Å². The molecule has 4 N–H and O–H groups in total. The molecule has 0 spiro atoms. The maximum absolute atomic E-state index is 11.0. The summed E-state index contributed by atoms with van der Waals surface area (Å²) in [7, 11) is 0. The van der Waals surface area contributed by atoms with Gasteiger partial charge in [-0.1, -0.05) is 0 Å². The molecule has 1 amide bonds. The summed E-state index contributed by atoms with van der Waals surface area (Å²) in [5.74, 6) is -0.671. The lowest BCUT2D eigenvalue weighted by molar-refractivity contribution is -0.139. The van der Waals surface area contributed by atoms with Crippen molar-refractivity contribution in [3.05, 3.63) is 0 Å². The van der Waals surface area contributed by atoms with E-state index in [1.165, 1.54) is 0 Å². The number of rotatable bonds is 6. The molecular weight excluding hydrogens is 192 g/mol. The highest BCUT2D eigenvalue weighted by atomic mass is 32.2. The van der Waals surface area contributed by atoms with Crippen LogP contribution in [0.2, 0.25) is 0 Å². The lowest BCUT2D eigenvalue weighted by atomic mass is 10.2. The molecule has 1 unspecified atom stereocenters. The van der Waals surface area contributed by atoms with Crippen LogP contribution in [-0.4, -0.2) is 41.6 Å². The molecule has 76 valence electrons. The van der Waals surface area contributed by atoms with Gasteiger partial charge in [-0.3, -0.25) is 9.59 Å². The third kappa shape index (κ3) is 6.41. The summed E-state index contributed by atoms with van der Waals surface area (Å²) in [6, 6.07) is -0.945. The van der Waals surface area contributed by atoms with E-state index in [1.807, 2.05) is 6.26 Å². The average Bonchev–Trinajstić information content (AvgIpc) is 2.03. The number of nitrogens with one attached hydrogen (secondary N) is 1. The van der Waals surface area contributed by atoms with Gasteiger partial charge in [0.1, 0.15) is 0 Å². The molecule has 0 fully saturated rings. The molecule has 0 aromatic heterocycles. The first-order valence-corrected chi connectivity index (χ1v) is 5.21. The van der Waals surface area contributed by atoms with Crippen molar-refractivity contribution in [1.29, 1.82) is 0 Å². The third-order valence-electron chi connectivity index (χ3n) is 1.34. The van der Waals surface area contributed by atoms with E-state index in [2.05, 4.69) is 5.32 Å². The first kappa shape index (κ1) is 12.2. The fraction of sp³-hybridized carbons (Fsp3) is 0.714. The van der Waals surface area contributed by atoms with Crippen molar-refractivity contribution in [3.8, 4) is 0 Å². The minimum absolute atomic E-state index is 0.328. The van der Waals surface area contributed by atoms with Gasteiger partial charge in [0.2, 0.25) is 5.91 Å². The van der Waals surface area contributed by atoms with E-state index < -0.39 is 17.9 Å². The molecule has 1 atom stereocenters. The summed E-state index contributed by atoms with van der Waals surface area (Å²) >= 11 is 1.60. The van der Waals surface area contributed by atoms with E-state index in [-0.39, 0.29) is 6.42 Å². The van der Waals surface area contributed by atoms with Crippen LogP contribution in [0.4, 0.5) is 0 Å². The molecule has 13 heavy (non-hydrogen) atoms. The Kier molecular flexibility index (Phi) is 6.34. The van der Waals surface area contributed by atoms with Crippen LogP contribution in [0.25, 0.3) is 0 Å². The summed E-state index contributed by atoms with van der Waals surface area (Å²) in [6.07, 6.45) is 1.59. The molecule has 0 aliphatic heterocycles. The van der Waals surface area contributed by atoms with Gasteiger partial charge < -0.3 is 16.2 Å². The second kappa shape index (κ2) is 6.73. The number of amides is 1. The van der Waals surface area contributed by atoms with E-state index in [9.17, 15) is 9.59 Å². The highest BCUT2D eigenvalue weighted by molar-refractivity contribution is 7.98. The molecular formula is C7H14N2O3S. The lowest BCUT2D eigenvalue weighted by Crippen LogP contribution is -2.42. The SMILES string of the molecule is CSCCNC(=O)C(N)CC(=O)O. The highest BCUT2D eigenvalue weighted by Gasteiger charge is 2.15. The van der Waals surface area contributed by atoms with Crippen LogP contribution >= 0.6 is 11.8 Å². The summed E-state index contributed by atoms with van der Waals surface area (Å²) in [5, 5.41) is 10.9. The fourth-order valence-electron chi connectivity index (χ4n) is 0.688. The van der Waals surface area contributed by atoms with Gasteiger partial charge in [-0.15, -0.1) is 0 Å². The van der Waals surface area contributed by atoms with Crippen LogP contribution in [0.1, 0.15) is 6.42 Å². The number of carboxylic acid groups (broad SMARTS) is 1. The van der Waals surface area contributed by atoms with E-state index in [0.29, 0.717) is 6.54 Å². The summed E-state index contributed by atoms with van der Waals surface area (Å²) in [4.78, 5) is 21.2. The summed E-state index contributed by atoms with van der Waals surface area (Å²) in [5.41, 5.74) is 5.30. The Balaban J connectivity index is 3.63. The number of thioether (sulfide) groups is 1. The third-order valence-corrected chi connectivity index (χ3v) is 1.95. The zero-order valence-electron chi connectivity index (χ0n) is 7.45. The molecule has 0 rings (SSSR count). The molecule has 0 heterocycles. The van der Waals surface area contributed by atoms with Crippen molar-refractivity contribution in [1.82, 2.24) is 5.32 Å². The Morgan fingerprint density at radius 3 is 2.69 bits per heavy atom. The van der Waals surface area contributed by atoms with Gasteiger partial charge in [-0.05, 0) is 6.26 Å². The van der Waals surface area contributed by atoms with Crippen LogP contribution in [0.3, 0.4) is 0 Å². The van der Waals surface area contributed by atoms with Crippen molar-refractivity contribution < 1.29 is 14.7 Å². The number of carboxylic acids is 1. The topological polar surface area (TPSA) is 92.4 Å². The van der Waals surface area contributed by atoms with E-state index in [4.69, 9.17) is 10.8 Å². The van der Waals surface area contributed by atoms with Crippen LogP contribution in [-0.2, 0) is 9.59 Å². The Morgan fingerprint density at radius 2 is 2.23 bits per heavy atom. The molecule has 5 nitrogen and oxygen atoms in total. The monoisotopic (exact) mass is 206 g/mol. The minimum Gasteiger partial charge on any atom is -0.481 e. The predicted molar refractivity (Wildman–Crippen MR) is 51.6 cm³/mol. The van der Waals surface area contributed by atoms with Crippen molar-refractivity contribution in [2.75, 3.05) is 18.6 Å². The van der Waals surface area contributed by atoms with Crippen molar-refractivity contribution >= 4 is 23.6 Å². The van der Waals surface area contributed by atoms with Gasteiger partial charge in [0.15, 0.2) is 0 Å². The molecule has 0 aromatic rings. The fourth-order valence-corrected chi connectivity index (χ4v) is 0.994. The van der Waals surface area contributed by atoms with Gasteiger partial charge in [0, 0.05) is 12.3 Å². The number of hydrogen-bond acceptors (Lipinski definition) is 4. The Morgan fingerprint density at radius 1 is 1.62 bits per heavy atom. The molecule has 0 aromatic carbocycles. The smallest absolute Gasteiger partial charge is 0.305 e. The van der Waals surface area contributed by atoms with Gasteiger partial charge in [0.25, 0.3) is 0 Å². The second-order valence-electron chi connectivity index (χ2n) is 2.49. The maximum atomic E-state index is 11.0. The predicted octanol–water partition coefficient (Wildman–Crippen LogP) is -0.732. The number of aliphatic carboxylic acids is 1. The van der Waals surface area contributed by atoms with Crippen molar-refractivity contribution in [2.24, 2.45) is 5.73 Å². The van der Waals surface area contributed by atoms with E-state index >= 15 is 0 Å². The molecule has 0 bridgehead atoms. The largest absolute Gasteiger partial charge is 0.481 e. The van der Waals surface area contributed by atoms with Crippen LogP contribution in [0, 0.1) is 0 Å². The summed E-state index contributed by atoms with van der Waals surface area (Å²) in [6.45, 7) is 0.521. The quantitative estimate of drug-likeness (QED) is 0.498. The Hall–Kier alpha value is -0.750. The standard InChI is InChI=1S/C7H14N2O3S/c1-13-3-2-9-7(12)5(8)4-6(10)11/h5H,2-4,8H2,1H3,(H,9,12)(H,10,11). The summed E-state index contributed by atoms with van der Waals surface area (Å²) < 4.78 is 0. The molecule has 0 saturated carbocycles. The van der Waals surface area contributed by atoms with Crippen LogP contribution in [0.15, 0.2) is 0 Å². The van der Waals surface area contributed by atoms with Crippen molar-refractivity contribution in [3.63, 3.8) is 0 Å². The molecule has 0 radical (unpaired) electrons. The molecule has 0 aliphatic carbocycles. The number of carbonyl (C=O) groups is 2. The number of carbonyl (C=O) groups excluding carboxylic acids is 1. The second-order valence-corrected chi connectivity index (χ2v) is 3.47. The zero-order valence-corrected chi connectivity index (χ0v) is 8.26. The molecule has 0 aliphatic rings. The molecule has 6 heteroatoms. The van der Waals surface area contributed by atoms with Crippen LogP contribution in [0.5, 0.6) is 0 Å². The lowest BCUT2D eigenvalue weighted by Gasteiger charge is -2.08. The highest BCUT2D eigenvalue weighted by Crippen LogP contribution is 1.90. The first-order valence-electron chi connectivity index (χ1n) is 3.82. The first-order chi connectivity index (χ1) is 6.07. The Bertz CT molecular complexity index is 187. The Labute approximate surface area is 81.1 Å². The average molecular weight is 206 g/mol. The normalized spacial score (nSPS) is 12.2. The molecule has 0 saturated heterocycles. The van der Waals surface area contributed by atoms with Gasteiger partial charge >= 0.3 is 5.97 Å². The maximum Gasteiger partial charge on any atom is 0.305 e. The van der Waals surface area contributed by atoms with Crippen LogP contribution < -0.4 is 11.1 Å². The van der Waals surface area contributed by atoms with E-state index in [1.54, 1.807) is 11.8 Å². The van der Waals surface area contributed by atoms with E-state index in [0.717, 1.165) is 5.75 Å². The zero-order chi connectivity index (χ0) is 10.3. The van der Waals surface area contributed by atoms with Gasteiger partial charge in [0.05, 0.1) is 12.5 Å².